The van der Waals surface area contributed by atoms with Gasteiger partial charge in [0, 0.05) is 16.5 Å². The van der Waals surface area contributed by atoms with Crippen LogP contribution in [0.25, 0.3) is 16.6 Å². The molecule has 0 radical (unpaired) electrons. The molecule has 1 aromatic carbocycles. The molecular weight excluding hydrogens is 244 g/mol. The van der Waals surface area contributed by atoms with Gasteiger partial charge in [0.25, 0.3) is 0 Å². The summed E-state index contributed by atoms with van der Waals surface area (Å²) in [4.78, 5) is 0. The van der Waals surface area contributed by atoms with Gasteiger partial charge in [-0.15, -0.1) is 0 Å². The van der Waals surface area contributed by atoms with E-state index in [0.29, 0.717) is 4.64 Å². The predicted octanol–water partition coefficient (Wildman–Crippen LogP) is 3.09. The van der Waals surface area contributed by atoms with Gasteiger partial charge in [0.2, 0.25) is 0 Å². The zero-order valence-corrected chi connectivity index (χ0v) is 11.0. The number of benzene rings is 1. The molecule has 0 aliphatic heterocycles. The molecule has 5 heteroatoms. The van der Waals surface area contributed by atoms with Gasteiger partial charge in [0.15, 0.2) is 5.82 Å². The normalized spacial score (nSPS) is 11.0. The molecule has 0 unspecified atom stereocenters. The maximum absolute atomic E-state index is 5.25. The summed E-state index contributed by atoms with van der Waals surface area (Å²) in [5, 5.41) is 13.7. The van der Waals surface area contributed by atoms with E-state index in [-0.39, 0.29) is 0 Å². The molecule has 18 heavy (non-hydrogen) atoms. The Morgan fingerprint density at radius 3 is 2.56 bits per heavy atom. The lowest BCUT2D eigenvalue weighted by Gasteiger charge is -2.07. The molecule has 0 saturated carbocycles. The number of aromatic nitrogens is 4. The minimum Gasteiger partial charge on any atom is -0.265 e. The Hall–Kier alpha value is -2.01. The Balaban J connectivity index is 2.40. The van der Waals surface area contributed by atoms with E-state index in [1.807, 2.05) is 48.9 Å². The van der Waals surface area contributed by atoms with Crippen molar-refractivity contribution >= 4 is 23.0 Å². The highest BCUT2D eigenvalue weighted by molar-refractivity contribution is 7.71. The highest BCUT2D eigenvalue weighted by atomic mass is 32.1. The Morgan fingerprint density at radius 1 is 1.17 bits per heavy atom. The van der Waals surface area contributed by atoms with Crippen molar-refractivity contribution < 1.29 is 0 Å². The Kier molecular flexibility index (Phi) is 2.48. The number of hydrogen-bond acceptors (Lipinski definition) is 3. The minimum absolute atomic E-state index is 0.649. The first-order valence-electron chi connectivity index (χ1n) is 5.68. The summed E-state index contributed by atoms with van der Waals surface area (Å²) >= 11 is 5.25. The number of H-pyrrole nitrogens is 1. The molecule has 0 atom stereocenters. The maximum atomic E-state index is 5.25. The lowest BCUT2D eigenvalue weighted by atomic mass is 10.2. The molecule has 0 fully saturated rings. The van der Waals surface area contributed by atoms with E-state index in [9.17, 15) is 0 Å². The third kappa shape index (κ3) is 1.64. The van der Waals surface area contributed by atoms with Crippen LogP contribution >= 0.6 is 12.2 Å². The number of nitrogens with zero attached hydrogens (tertiary/aromatic N) is 3. The zero-order valence-electron chi connectivity index (χ0n) is 10.1. The van der Waals surface area contributed by atoms with Gasteiger partial charge in [-0.2, -0.15) is 10.2 Å². The van der Waals surface area contributed by atoms with Crippen LogP contribution in [-0.2, 0) is 0 Å². The largest absolute Gasteiger partial charge is 0.265 e. The first-order chi connectivity index (χ1) is 8.66. The van der Waals surface area contributed by atoms with Crippen LogP contribution < -0.4 is 0 Å². The van der Waals surface area contributed by atoms with Gasteiger partial charge in [-0.25, -0.2) is 4.68 Å². The average molecular weight is 256 g/mol. The van der Waals surface area contributed by atoms with Gasteiger partial charge in [0.05, 0.1) is 5.69 Å². The molecular formula is C13H12N4S. The smallest absolute Gasteiger partial charge is 0.181 e. The van der Waals surface area contributed by atoms with Crippen molar-refractivity contribution in [3.63, 3.8) is 0 Å². The van der Waals surface area contributed by atoms with Crippen LogP contribution in [0.3, 0.4) is 0 Å². The first kappa shape index (κ1) is 11.1. The quantitative estimate of drug-likeness (QED) is 0.680. The minimum atomic E-state index is 0.649. The van der Waals surface area contributed by atoms with Crippen LogP contribution in [0.5, 0.6) is 0 Å². The molecule has 1 N–H and O–H groups in total. The van der Waals surface area contributed by atoms with Gasteiger partial charge in [-0.1, -0.05) is 36.5 Å². The van der Waals surface area contributed by atoms with E-state index >= 15 is 0 Å². The topological polar surface area (TPSA) is 46.5 Å². The number of aryl methyl sites for hydroxylation is 2. The molecule has 0 aliphatic rings. The lowest BCUT2D eigenvalue weighted by molar-refractivity contribution is 0.789. The van der Waals surface area contributed by atoms with Gasteiger partial charge < -0.3 is 0 Å². The van der Waals surface area contributed by atoms with Crippen LogP contribution in [-0.4, -0.2) is 20.0 Å². The number of rotatable bonds is 1. The van der Waals surface area contributed by atoms with Crippen LogP contribution in [0.2, 0.25) is 0 Å². The van der Waals surface area contributed by atoms with E-state index in [1.54, 1.807) is 0 Å². The number of aromatic amines is 1. The lowest BCUT2D eigenvalue weighted by Crippen LogP contribution is -2.04. The molecule has 0 spiro atoms. The molecule has 0 bridgehead atoms. The summed E-state index contributed by atoms with van der Waals surface area (Å²) < 4.78 is 2.49. The summed E-state index contributed by atoms with van der Waals surface area (Å²) in [6.07, 6.45) is 0. The number of fused-ring (bicyclic) bond motifs is 1. The maximum Gasteiger partial charge on any atom is 0.181 e. The molecule has 4 nitrogen and oxygen atoms in total. The van der Waals surface area contributed by atoms with Gasteiger partial charge in [-0.3, -0.25) is 5.10 Å². The van der Waals surface area contributed by atoms with Crippen molar-refractivity contribution in [2.24, 2.45) is 0 Å². The molecule has 3 rings (SSSR count). The Bertz CT molecular complexity index is 785. The molecule has 2 aromatic heterocycles. The van der Waals surface area contributed by atoms with Crippen LogP contribution in [0, 0.1) is 18.5 Å². The second-order valence-corrected chi connectivity index (χ2v) is 4.67. The van der Waals surface area contributed by atoms with Gasteiger partial charge in [-0.05, 0) is 19.9 Å². The molecule has 3 aromatic rings. The third-order valence-electron chi connectivity index (χ3n) is 2.89. The van der Waals surface area contributed by atoms with Crippen molar-refractivity contribution in [3.8, 4) is 5.82 Å². The standard InChI is InChI=1S/C13H12N4S/c1-8-7-9(2)17(16-8)12-10-5-3-4-6-11(10)13(18)15-14-12/h3-7H,1-2H3,(H,15,18). The van der Waals surface area contributed by atoms with Crippen molar-refractivity contribution in [1.82, 2.24) is 20.0 Å². The van der Waals surface area contributed by atoms with Crippen molar-refractivity contribution in [3.05, 3.63) is 46.4 Å². The van der Waals surface area contributed by atoms with E-state index < -0.39 is 0 Å². The second kappa shape index (κ2) is 4.03. The summed E-state index contributed by atoms with van der Waals surface area (Å²) in [5.74, 6) is 0.782. The van der Waals surface area contributed by atoms with E-state index in [4.69, 9.17) is 12.2 Å². The monoisotopic (exact) mass is 256 g/mol. The second-order valence-electron chi connectivity index (χ2n) is 4.26. The summed E-state index contributed by atoms with van der Waals surface area (Å²) in [7, 11) is 0. The van der Waals surface area contributed by atoms with Crippen molar-refractivity contribution in [2.45, 2.75) is 13.8 Å². The highest BCUT2D eigenvalue weighted by Crippen LogP contribution is 2.20. The number of nitrogens with one attached hydrogen (secondary N) is 1. The summed E-state index contributed by atoms with van der Waals surface area (Å²) in [6.45, 7) is 3.98. The fourth-order valence-electron chi connectivity index (χ4n) is 2.11. The van der Waals surface area contributed by atoms with Crippen LogP contribution in [0.4, 0.5) is 0 Å². The first-order valence-corrected chi connectivity index (χ1v) is 6.09. The van der Waals surface area contributed by atoms with Crippen LogP contribution in [0.1, 0.15) is 11.4 Å². The van der Waals surface area contributed by atoms with Gasteiger partial charge >= 0.3 is 0 Å². The van der Waals surface area contributed by atoms with Gasteiger partial charge in [0.1, 0.15) is 4.64 Å². The third-order valence-corrected chi connectivity index (χ3v) is 3.20. The number of hydrogen-bond donors (Lipinski definition) is 1. The predicted molar refractivity (Wildman–Crippen MR) is 73.5 cm³/mol. The Morgan fingerprint density at radius 2 is 1.89 bits per heavy atom. The summed E-state index contributed by atoms with van der Waals surface area (Å²) in [6, 6.07) is 9.98. The fourth-order valence-corrected chi connectivity index (χ4v) is 2.33. The molecule has 0 amide bonds. The zero-order chi connectivity index (χ0) is 12.7. The van der Waals surface area contributed by atoms with Crippen molar-refractivity contribution in [1.29, 1.82) is 0 Å². The SMILES string of the molecule is Cc1cc(C)n(-c2n[nH]c(=S)c3ccccc23)n1. The van der Waals surface area contributed by atoms with E-state index in [2.05, 4.69) is 15.3 Å². The van der Waals surface area contributed by atoms with E-state index in [0.717, 1.165) is 28.0 Å². The average Bonchev–Trinajstić information content (AvgIpc) is 2.69. The molecule has 90 valence electrons. The van der Waals surface area contributed by atoms with Crippen LogP contribution in [0.15, 0.2) is 30.3 Å². The van der Waals surface area contributed by atoms with E-state index in [1.165, 1.54) is 0 Å². The highest BCUT2D eigenvalue weighted by Gasteiger charge is 2.09. The Labute approximate surface area is 109 Å². The molecule has 0 aliphatic carbocycles. The summed E-state index contributed by atoms with van der Waals surface area (Å²) in [5.41, 5.74) is 2.02. The fraction of sp³-hybridized carbons (Fsp3) is 0.154. The van der Waals surface area contributed by atoms with Crippen molar-refractivity contribution in [2.75, 3.05) is 0 Å². The molecule has 0 saturated heterocycles. The molecule has 2 heterocycles.